The number of rotatable bonds is 2. The quantitative estimate of drug-likeness (QED) is 0.719. The average molecular weight is 338 g/mol. The van der Waals surface area contributed by atoms with Crippen molar-refractivity contribution in [3.63, 3.8) is 0 Å². The van der Waals surface area contributed by atoms with E-state index in [-0.39, 0.29) is 11.9 Å². The Hall–Kier alpha value is -2.47. The third-order valence-electron chi connectivity index (χ3n) is 4.51. The molecule has 1 atom stereocenters. The van der Waals surface area contributed by atoms with E-state index in [2.05, 4.69) is 28.6 Å². The van der Waals surface area contributed by atoms with E-state index in [0.29, 0.717) is 11.4 Å². The van der Waals surface area contributed by atoms with Crippen molar-refractivity contribution in [2.75, 3.05) is 6.54 Å². The van der Waals surface area contributed by atoms with Gasteiger partial charge in [0.2, 0.25) is 0 Å². The molecule has 3 heterocycles. The number of carbonyl (C=O) groups is 1. The van der Waals surface area contributed by atoms with Crippen molar-refractivity contribution in [1.82, 2.24) is 19.9 Å². The van der Waals surface area contributed by atoms with Crippen molar-refractivity contribution >= 4 is 17.2 Å². The first-order valence-electron chi connectivity index (χ1n) is 8.02. The Morgan fingerprint density at radius 2 is 2.00 bits per heavy atom. The van der Waals surface area contributed by atoms with E-state index in [4.69, 9.17) is 0 Å². The van der Waals surface area contributed by atoms with Gasteiger partial charge in [-0.05, 0) is 49.4 Å². The molecule has 1 aromatic carbocycles. The molecule has 0 bridgehead atoms. The molecule has 1 aliphatic rings. The van der Waals surface area contributed by atoms with Crippen LogP contribution < -0.4 is 0 Å². The molecule has 0 saturated carbocycles. The van der Waals surface area contributed by atoms with Crippen molar-refractivity contribution in [1.29, 1.82) is 0 Å². The summed E-state index contributed by atoms with van der Waals surface area (Å²) >= 11 is 1.77. The monoisotopic (exact) mass is 338 g/mol. The highest BCUT2D eigenvalue weighted by atomic mass is 32.1. The number of para-hydroxylation sites is 1. The van der Waals surface area contributed by atoms with Crippen LogP contribution in [-0.4, -0.2) is 32.3 Å². The molecule has 2 aromatic heterocycles. The van der Waals surface area contributed by atoms with Gasteiger partial charge in [0, 0.05) is 11.4 Å². The van der Waals surface area contributed by atoms with Crippen LogP contribution in [0, 0.1) is 6.92 Å². The predicted molar refractivity (Wildman–Crippen MR) is 93.6 cm³/mol. The molecule has 4 rings (SSSR count). The molecule has 0 unspecified atom stereocenters. The van der Waals surface area contributed by atoms with E-state index in [9.17, 15) is 4.79 Å². The van der Waals surface area contributed by atoms with Crippen molar-refractivity contribution < 1.29 is 4.79 Å². The summed E-state index contributed by atoms with van der Waals surface area (Å²) in [6.45, 7) is 4.65. The summed E-state index contributed by atoms with van der Waals surface area (Å²) < 4.78 is 0. The van der Waals surface area contributed by atoms with Crippen LogP contribution in [0.15, 0.2) is 41.8 Å². The van der Waals surface area contributed by atoms with Gasteiger partial charge in [0.05, 0.1) is 17.4 Å². The Bertz CT molecular complexity index is 884. The summed E-state index contributed by atoms with van der Waals surface area (Å²) in [6.07, 6.45) is 0.912. The van der Waals surface area contributed by atoms with Gasteiger partial charge in [-0.3, -0.25) is 4.79 Å². The molecule has 3 aromatic rings. The third kappa shape index (κ3) is 2.43. The highest BCUT2D eigenvalue weighted by molar-refractivity contribution is 7.10. The van der Waals surface area contributed by atoms with E-state index in [0.717, 1.165) is 18.7 Å². The van der Waals surface area contributed by atoms with Crippen molar-refractivity contribution in [3.05, 3.63) is 63.6 Å². The van der Waals surface area contributed by atoms with E-state index in [1.54, 1.807) is 11.3 Å². The van der Waals surface area contributed by atoms with Crippen molar-refractivity contribution in [2.45, 2.75) is 26.3 Å². The van der Waals surface area contributed by atoms with Gasteiger partial charge in [-0.25, -0.2) is 0 Å². The number of fused-ring (bicyclic) bond motifs is 1. The van der Waals surface area contributed by atoms with Gasteiger partial charge in [0.15, 0.2) is 5.69 Å². The zero-order chi connectivity index (χ0) is 16.7. The number of aryl methyl sites for hydroxylation is 1. The first-order chi connectivity index (χ1) is 11.6. The first-order valence-corrected chi connectivity index (χ1v) is 8.89. The van der Waals surface area contributed by atoms with Gasteiger partial charge in [0.25, 0.3) is 5.91 Å². The van der Waals surface area contributed by atoms with Crippen LogP contribution in [-0.2, 0) is 6.42 Å². The number of amides is 1. The van der Waals surface area contributed by atoms with Gasteiger partial charge in [0.1, 0.15) is 0 Å². The largest absolute Gasteiger partial charge is 0.330 e. The Labute approximate surface area is 144 Å². The van der Waals surface area contributed by atoms with Crippen LogP contribution >= 0.6 is 11.3 Å². The molecule has 1 aliphatic heterocycles. The summed E-state index contributed by atoms with van der Waals surface area (Å²) in [5.41, 5.74) is 3.20. The Balaban J connectivity index is 1.65. The number of hydrogen-bond donors (Lipinski definition) is 0. The molecule has 5 nitrogen and oxygen atoms in total. The zero-order valence-corrected chi connectivity index (χ0v) is 14.5. The van der Waals surface area contributed by atoms with Gasteiger partial charge in [-0.2, -0.15) is 9.90 Å². The maximum absolute atomic E-state index is 13.0. The van der Waals surface area contributed by atoms with Gasteiger partial charge in [-0.15, -0.1) is 16.4 Å². The molecule has 0 radical (unpaired) electrons. The van der Waals surface area contributed by atoms with Crippen LogP contribution in [0.2, 0.25) is 0 Å². The normalized spacial score (nSPS) is 16.9. The van der Waals surface area contributed by atoms with Crippen LogP contribution in [0.3, 0.4) is 0 Å². The molecule has 0 saturated heterocycles. The maximum atomic E-state index is 13.0. The highest BCUT2D eigenvalue weighted by Gasteiger charge is 2.31. The SMILES string of the molecule is Cc1nn(-c2ccccc2)nc1C(=O)N1CCc2sccc2[C@@H]1C. The van der Waals surface area contributed by atoms with E-state index < -0.39 is 0 Å². The van der Waals surface area contributed by atoms with Gasteiger partial charge >= 0.3 is 0 Å². The van der Waals surface area contributed by atoms with E-state index in [1.165, 1.54) is 15.2 Å². The van der Waals surface area contributed by atoms with Gasteiger partial charge in [-0.1, -0.05) is 18.2 Å². The smallest absolute Gasteiger partial charge is 0.276 e. The molecule has 24 heavy (non-hydrogen) atoms. The second kappa shape index (κ2) is 5.87. The van der Waals surface area contributed by atoms with E-state index >= 15 is 0 Å². The second-order valence-electron chi connectivity index (χ2n) is 5.98. The third-order valence-corrected chi connectivity index (χ3v) is 5.51. The molecular weight excluding hydrogens is 320 g/mol. The fourth-order valence-electron chi connectivity index (χ4n) is 3.18. The topological polar surface area (TPSA) is 51.0 Å². The zero-order valence-electron chi connectivity index (χ0n) is 13.6. The molecule has 0 fully saturated rings. The molecular formula is C18H18N4OS. The summed E-state index contributed by atoms with van der Waals surface area (Å²) in [6, 6.07) is 11.9. The second-order valence-corrected chi connectivity index (χ2v) is 6.98. The first kappa shape index (κ1) is 15.1. The molecule has 0 spiro atoms. The Morgan fingerprint density at radius 3 is 2.79 bits per heavy atom. The predicted octanol–water partition coefficient (Wildman–Crippen LogP) is 3.40. The minimum Gasteiger partial charge on any atom is -0.330 e. The highest BCUT2D eigenvalue weighted by Crippen LogP contribution is 2.33. The average Bonchev–Trinajstić information content (AvgIpc) is 3.22. The lowest BCUT2D eigenvalue weighted by Crippen LogP contribution is -2.38. The maximum Gasteiger partial charge on any atom is 0.276 e. The Kier molecular flexibility index (Phi) is 3.69. The number of nitrogens with zero attached hydrogens (tertiary/aromatic N) is 4. The lowest BCUT2D eigenvalue weighted by Gasteiger charge is -2.33. The minimum absolute atomic E-state index is 0.0426. The number of thiophene rings is 1. The molecule has 0 aliphatic carbocycles. The Morgan fingerprint density at radius 1 is 1.21 bits per heavy atom. The minimum atomic E-state index is -0.0426. The van der Waals surface area contributed by atoms with Gasteiger partial charge < -0.3 is 4.90 Å². The number of benzene rings is 1. The number of hydrogen-bond acceptors (Lipinski definition) is 4. The summed E-state index contributed by atoms with van der Waals surface area (Å²) in [7, 11) is 0. The van der Waals surface area contributed by atoms with Crippen LogP contribution in [0.25, 0.3) is 5.69 Å². The van der Waals surface area contributed by atoms with E-state index in [1.807, 2.05) is 42.2 Å². The summed E-state index contributed by atoms with van der Waals surface area (Å²) in [5.74, 6) is -0.0426. The summed E-state index contributed by atoms with van der Waals surface area (Å²) in [4.78, 5) is 17.8. The van der Waals surface area contributed by atoms with Crippen LogP contribution in [0.1, 0.15) is 39.6 Å². The fourth-order valence-corrected chi connectivity index (χ4v) is 4.14. The molecule has 1 amide bonds. The molecule has 122 valence electrons. The summed E-state index contributed by atoms with van der Waals surface area (Å²) in [5, 5.41) is 11.0. The number of aromatic nitrogens is 3. The fraction of sp³-hybridized carbons (Fsp3) is 0.278. The number of carbonyl (C=O) groups excluding carboxylic acids is 1. The molecule has 0 N–H and O–H groups in total. The van der Waals surface area contributed by atoms with Crippen molar-refractivity contribution in [2.24, 2.45) is 0 Å². The van der Waals surface area contributed by atoms with Crippen LogP contribution in [0.4, 0.5) is 0 Å². The lowest BCUT2D eigenvalue weighted by atomic mass is 10.0. The lowest BCUT2D eigenvalue weighted by molar-refractivity contribution is 0.0672. The standard InChI is InChI=1S/C18H18N4OS/c1-12-17(20-22(19-12)14-6-4-3-5-7-14)18(23)21-10-8-16-15(13(21)2)9-11-24-16/h3-7,9,11,13H,8,10H2,1-2H3/t13-/m0/s1. The van der Waals surface area contributed by atoms with Crippen LogP contribution in [0.5, 0.6) is 0 Å². The van der Waals surface area contributed by atoms with Crippen molar-refractivity contribution in [3.8, 4) is 5.69 Å². The molecule has 6 heteroatoms.